The van der Waals surface area contributed by atoms with Crippen molar-refractivity contribution in [2.75, 3.05) is 14.1 Å². The molecule has 17 heavy (non-hydrogen) atoms. The molecule has 0 unspecified atom stereocenters. The van der Waals surface area contributed by atoms with Crippen LogP contribution in [0.3, 0.4) is 0 Å². The maximum Gasteiger partial charge on any atom is 0.137 e. The monoisotopic (exact) mass is 231 g/mol. The van der Waals surface area contributed by atoms with Gasteiger partial charge in [-0.05, 0) is 44.1 Å². The number of rotatable bonds is 3. The number of nitrogens with one attached hydrogen (secondary N) is 1. The Labute approximate surface area is 103 Å². The van der Waals surface area contributed by atoms with E-state index in [1.807, 2.05) is 6.20 Å². The van der Waals surface area contributed by atoms with Crippen LogP contribution in [0.5, 0.6) is 0 Å². The minimum Gasteiger partial charge on any atom is -0.343 e. The SMILES string of the molecule is Cc1cnc2[nH]c(C(C)C)c(CN(C)C)c2c1. The van der Waals surface area contributed by atoms with Gasteiger partial charge in [0.15, 0.2) is 0 Å². The third-order valence-electron chi connectivity index (χ3n) is 2.98. The largest absolute Gasteiger partial charge is 0.343 e. The summed E-state index contributed by atoms with van der Waals surface area (Å²) in [6.45, 7) is 7.49. The lowest BCUT2D eigenvalue weighted by Gasteiger charge is -2.12. The molecule has 0 aliphatic rings. The van der Waals surface area contributed by atoms with Crippen molar-refractivity contribution in [2.24, 2.45) is 0 Å². The van der Waals surface area contributed by atoms with Crippen molar-refractivity contribution in [1.29, 1.82) is 0 Å². The highest BCUT2D eigenvalue weighted by atomic mass is 15.1. The van der Waals surface area contributed by atoms with E-state index in [-0.39, 0.29) is 0 Å². The first-order chi connectivity index (χ1) is 7.99. The van der Waals surface area contributed by atoms with E-state index in [2.05, 4.69) is 55.8 Å². The van der Waals surface area contributed by atoms with Gasteiger partial charge in [-0.25, -0.2) is 4.98 Å². The minimum absolute atomic E-state index is 0.499. The zero-order chi connectivity index (χ0) is 12.6. The van der Waals surface area contributed by atoms with Gasteiger partial charge in [0.2, 0.25) is 0 Å². The highest BCUT2D eigenvalue weighted by molar-refractivity contribution is 5.82. The molecule has 92 valence electrons. The van der Waals surface area contributed by atoms with E-state index < -0.39 is 0 Å². The van der Waals surface area contributed by atoms with E-state index in [0.29, 0.717) is 5.92 Å². The van der Waals surface area contributed by atoms with Crippen LogP contribution in [0.15, 0.2) is 12.3 Å². The Morgan fingerprint density at radius 2 is 2.06 bits per heavy atom. The lowest BCUT2D eigenvalue weighted by molar-refractivity contribution is 0.401. The second-order valence-electron chi connectivity index (χ2n) is 5.32. The van der Waals surface area contributed by atoms with Crippen LogP contribution in [-0.4, -0.2) is 29.0 Å². The molecule has 3 heteroatoms. The van der Waals surface area contributed by atoms with Gasteiger partial charge in [-0.3, -0.25) is 0 Å². The van der Waals surface area contributed by atoms with Crippen molar-refractivity contribution in [2.45, 2.75) is 33.2 Å². The fourth-order valence-corrected chi connectivity index (χ4v) is 2.23. The van der Waals surface area contributed by atoms with Crippen molar-refractivity contribution in [3.05, 3.63) is 29.1 Å². The Morgan fingerprint density at radius 1 is 1.35 bits per heavy atom. The summed E-state index contributed by atoms with van der Waals surface area (Å²) in [5.74, 6) is 0.499. The zero-order valence-corrected chi connectivity index (χ0v) is 11.3. The van der Waals surface area contributed by atoms with Gasteiger partial charge < -0.3 is 9.88 Å². The lowest BCUT2D eigenvalue weighted by atomic mass is 10.0. The van der Waals surface area contributed by atoms with Crippen molar-refractivity contribution in [3.63, 3.8) is 0 Å². The Hall–Kier alpha value is -1.35. The summed E-state index contributed by atoms with van der Waals surface area (Å²) in [5, 5.41) is 1.27. The number of fused-ring (bicyclic) bond motifs is 1. The zero-order valence-electron chi connectivity index (χ0n) is 11.3. The molecule has 2 aromatic heterocycles. The molecule has 2 aromatic rings. The van der Waals surface area contributed by atoms with Crippen LogP contribution in [0.4, 0.5) is 0 Å². The number of H-pyrrole nitrogens is 1. The van der Waals surface area contributed by atoms with Crippen LogP contribution in [0.2, 0.25) is 0 Å². The van der Waals surface area contributed by atoms with E-state index in [0.717, 1.165) is 12.2 Å². The molecule has 0 amide bonds. The topological polar surface area (TPSA) is 31.9 Å². The average molecular weight is 231 g/mol. The van der Waals surface area contributed by atoms with Crippen LogP contribution in [0.25, 0.3) is 11.0 Å². The van der Waals surface area contributed by atoms with E-state index >= 15 is 0 Å². The summed E-state index contributed by atoms with van der Waals surface area (Å²) < 4.78 is 0. The van der Waals surface area contributed by atoms with Crippen LogP contribution in [0.1, 0.15) is 36.6 Å². The summed E-state index contributed by atoms with van der Waals surface area (Å²) in [6, 6.07) is 2.23. The Kier molecular flexibility index (Phi) is 3.20. The Bertz CT molecular complexity index is 523. The Morgan fingerprint density at radius 3 is 2.65 bits per heavy atom. The summed E-state index contributed by atoms with van der Waals surface area (Å²) in [6.07, 6.45) is 1.92. The molecule has 0 aromatic carbocycles. The van der Waals surface area contributed by atoms with Crippen molar-refractivity contribution >= 4 is 11.0 Å². The van der Waals surface area contributed by atoms with Crippen LogP contribution >= 0.6 is 0 Å². The van der Waals surface area contributed by atoms with Gasteiger partial charge in [0.25, 0.3) is 0 Å². The van der Waals surface area contributed by atoms with E-state index in [9.17, 15) is 0 Å². The predicted molar refractivity (Wildman–Crippen MR) is 72.3 cm³/mol. The number of aryl methyl sites for hydroxylation is 1. The molecule has 0 saturated heterocycles. The van der Waals surface area contributed by atoms with E-state index in [1.165, 1.54) is 22.2 Å². The smallest absolute Gasteiger partial charge is 0.137 e. The molecule has 0 radical (unpaired) electrons. The second kappa shape index (κ2) is 4.49. The fourth-order valence-electron chi connectivity index (χ4n) is 2.23. The molecule has 1 N–H and O–H groups in total. The Balaban J connectivity index is 2.64. The quantitative estimate of drug-likeness (QED) is 0.880. The molecule has 0 spiro atoms. The van der Waals surface area contributed by atoms with Crippen LogP contribution in [0, 0.1) is 6.92 Å². The standard InChI is InChI=1S/C14H21N3/c1-9(2)13-12(8-17(4)5)11-6-10(3)7-15-14(11)16-13/h6-7,9H,8H2,1-5H3,(H,15,16). The summed E-state index contributed by atoms with van der Waals surface area (Å²) in [7, 11) is 4.21. The number of pyridine rings is 1. The summed E-state index contributed by atoms with van der Waals surface area (Å²) in [5.41, 5.74) is 4.92. The minimum atomic E-state index is 0.499. The number of aromatic amines is 1. The number of hydrogen-bond donors (Lipinski definition) is 1. The van der Waals surface area contributed by atoms with Gasteiger partial charge in [-0.15, -0.1) is 0 Å². The first-order valence-corrected chi connectivity index (χ1v) is 6.11. The third kappa shape index (κ3) is 2.34. The van der Waals surface area contributed by atoms with Crippen molar-refractivity contribution in [1.82, 2.24) is 14.9 Å². The maximum absolute atomic E-state index is 4.48. The van der Waals surface area contributed by atoms with Crippen LogP contribution < -0.4 is 0 Å². The van der Waals surface area contributed by atoms with Gasteiger partial charge >= 0.3 is 0 Å². The van der Waals surface area contributed by atoms with Crippen molar-refractivity contribution in [3.8, 4) is 0 Å². The molecule has 0 aliphatic carbocycles. The van der Waals surface area contributed by atoms with Crippen LogP contribution in [-0.2, 0) is 6.54 Å². The number of nitrogens with zero attached hydrogens (tertiary/aromatic N) is 2. The lowest BCUT2D eigenvalue weighted by Crippen LogP contribution is -2.12. The highest BCUT2D eigenvalue weighted by Gasteiger charge is 2.15. The summed E-state index contributed by atoms with van der Waals surface area (Å²) >= 11 is 0. The molecular formula is C14H21N3. The first kappa shape index (κ1) is 12.1. The third-order valence-corrected chi connectivity index (χ3v) is 2.98. The van der Waals surface area contributed by atoms with Gasteiger partial charge in [0, 0.05) is 23.8 Å². The van der Waals surface area contributed by atoms with Gasteiger partial charge in [0.1, 0.15) is 5.65 Å². The molecule has 2 rings (SSSR count). The molecule has 0 fully saturated rings. The molecule has 0 atom stereocenters. The molecule has 0 aliphatic heterocycles. The second-order valence-corrected chi connectivity index (χ2v) is 5.32. The molecule has 0 bridgehead atoms. The number of hydrogen-bond acceptors (Lipinski definition) is 2. The average Bonchev–Trinajstić information content (AvgIpc) is 2.56. The maximum atomic E-state index is 4.48. The van der Waals surface area contributed by atoms with Gasteiger partial charge in [0.05, 0.1) is 0 Å². The van der Waals surface area contributed by atoms with Gasteiger partial charge in [-0.2, -0.15) is 0 Å². The highest BCUT2D eigenvalue weighted by Crippen LogP contribution is 2.27. The summed E-state index contributed by atoms with van der Waals surface area (Å²) in [4.78, 5) is 10.1. The van der Waals surface area contributed by atoms with Crippen molar-refractivity contribution < 1.29 is 0 Å². The fraction of sp³-hybridized carbons (Fsp3) is 0.500. The van der Waals surface area contributed by atoms with E-state index in [1.54, 1.807) is 0 Å². The molecule has 2 heterocycles. The van der Waals surface area contributed by atoms with E-state index in [4.69, 9.17) is 0 Å². The normalized spacial score (nSPS) is 11.9. The molecule has 0 saturated carbocycles. The molecular weight excluding hydrogens is 210 g/mol. The van der Waals surface area contributed by atoms with Gasteiger partial charge in [-0.1, -0.05) is 13.8 Å². The molecule has 3 nitrogen and oxygen atoms in total. The first-order valence-electron chi connectivity index (χ1n) is 6.11. The number of aromatic nitrogens is 2. The predicted octanol–water partition coefficient (Wildman–Crippen LogP) is 3.06.